The molecule has 1 aliphatic rings. The van der Waals surface area contributed by atoms with Crippen molar-refractivity contribution in [2.45, 2.75) is 32.3 Å². The van der Waals surface area contributed by atoms with Crippen LogP contribution in [0.4, 0.5) is 0 Å². The Hall–Kier alpha value is -3.46. The van der Waals surface area contributed by atoms with E-state index in [9.17, 15) is 4.79 Å². The minimum absolute atomic E-state index is 0.117. The highest BCUT2D eigenvalue weighted by Crippen LogP contribution is 2.39. The average molecular weight is 372 g/mol. The van der Waals surface area contributed by atoms with E-state index in [4.69, 9.17) is 10.00 Å². The molecule has 6 heteroatoms. The minimum atomic E-state index is -0.387. The summed E-state index contributed by atoms with van der Waals surface area (Å²) in [5, 5.41) is 13.4. The summed E-state index contributed by atoms with van der Waals surface area (Å²) in [4.78, 5) is 17.1. The molecule has 3 aromatic rings. The molecule has 1 fully saturated rings. The van der Waals surface area contributed by atoms with Gasteiger partial charge >= 0.3 is 5.97 Å². The number of hydrogen-bond donors (Lipinski definition) is 0. The van der Waals surface area contributed by atoms with Crippen LogP contribution in [0.5, 0.6) is 0 Å². The van der Waals surface area contributed by atoms with Crippen molar-refractivity contribution >= 4 is 5.97 Å². The van der Waals surface area contributed by atoms with Crippen molar-refractivity contribution in [3.63, 3.8) is 0 Å². The summed E-state index contributed by atoms with van der Waals surface area (Å²) in [5.41, 5.74) is 5.26. The van der Waals surface area contributed by atoms with Crippen LogP contribution in [0.1, 0.15) is 51.6 Å². The summed E-state index contributed by atoms with van der Waals surface area (Å²) in [7, 11) is 1.82. The molecule has 0 radical (unpaired) electrons. The normalized spacial score (nSPS) is 13.2. The zero-order valence-electron chi connectivity index (χ0n) is 15.8. The van der Waals surface area contributed by atoms with Crippen LogP contribution >= 0.6 is 0 Å². The SMILES string of the molecule is Cc1nc(C2CC2)ccc1C(=O)OCc1cn(C)nc1-c1ccc(C#N)cc1. The molecule has 0 unspecified atom stereocenters. The van der Waals surface area contributed by atoms with Crippen LogP contribution in [0.3, 0.4) is 0 Å². The van der Waals surface area contributed by atoms with Crippen molar-refractivity contribution in [1.29, 1.82) is 5.26 Å². The number of benzene rings is 1. The maximum atomic E-state index is 12.5. The van der Waals surface area contributed by atoms with Gasteiger partial charge in [0, 0.05) is 36.0 Å². The predicted molar refractivity (Wildman–Crippen MR) is 103 cm³/mol. The van der Waals surface area contributed by atoms with Crippen molar-refractivity contribution in [2.75, 3.05) is 0 Å². The standard InChI is InChI=1S/C22H20N4O2/c1-14-19(9-10-20(24-14)16-7-8-16)22(27)28-13-18-12-26(2)25-21(18)17-5-3-15(11-23)4-6-17/h3-6,9-10,12,16H,7-8,13H2,1-2H3. The van der Waals surface area contributed by atoms with Gasteiger partial charge in [0.1, 0.15) is 6.61 Å². The van der Waals surface area contributed by atoms with E-state index in [0.717, 1.165) is 22.5 Å². The molecule has 2 heterocycles. The first-order valence-electron chi connectivity index (χ1n) is 9.23. The fourth-order valence-corrected chi connectivity index (χ4v) is 3.21. The van der Waals surface area contributed by atoms with Crippen LogP contribution in [0, 0.1) is 18.3 Å². The second kappa shape index (κ2) is 7.28. The summed E-state index contributed by atoms with van der Waals surface area (Å²) in [6.07, 6.45) is 4.19. The zero-order chi connectivity index (χ0) is 19.7. The van der Waals surface area contributed by atoms with Crippen LogP contribution in [0.25, 0.3) is 11.3 Å². The molecule has 0 spiro atoms. The van der Waals surface area contributed by atoms with Gasteiger partial charge in [-0.3, -0.25) is 9.67 Å². The van der Waals surface area contributed by atoms with Gasteiger partial charge in [-0.15, -0.1) is 0 Å². The average Bonchev–Trinajstić information content (AvgIpc) is 3.48. The smallest absolute Gasteiger partial charge is 0.340 e. The van der Waals surface area contributed by atoms with Gasteiger partial charge in [0.05, 0.1) is 28.6 Å². The molecule has 28 heavy (non-hydrogen) atoms. The molecule has 1 saturated carbocycles. The fourth-order valence-electron chi connectivity index (χ4n) is 3.21. The number of aryl methyl sites for hydroxylation is 2. The Balaban J connectivity index is 1.50. The van der Waals surface area contributed by atoms with E-state index >= 15 is 0 Å². The number of nitriles is 1. The van der Waals surface area contributed by atoms with Crippen molar-refractivity contribution in [3.05, 3.63) is 70.7 Å². The maximum absolute atomic E-state index is 12.5. The van der Waals surface area contributed by atoms with Crippen LogP contribution in [0.2, 0.25) is 0 Å². The third kappa shape index (κ3) is 3.65. The van der Waals surface area contributed by atoms with Gasteiger partial charge in [-0.1, -0.05) is 12.1 Å². The highest BCUT2D eigenvalue weighted by molar-refractivity contribution is 5.90. The molecule has 2 aromatic heterocycles. The number of esters is 1. The van der Waals surface area contributed by atoms with Gasteiger partial charge in [-0.2, -0.15) is 10.4 Å². The number of nitrogens with zero attached hydrogens (tertiary/aromatic N) is 4. The third-order valence-electron chi connectivity index (χ3n) is 4.87. The van der Waals surface area contributed by atoms with Crippen molar-refractivity contribution in [1.82, 2.24) is 14.8 Å². The van der Waals surface area contributed by atoms with Crippen LogP contribution in [-0.2, 0) is 18.4 Å². The summed E-state index contributed by atoms with van der Waals surface area (Å²) in [5.74, 6) is 0.163. The predicted octanol–water partition coefficient (Wildman–Crippen LogP) is 3.90. The van der Waals surface area contributed by atoms with E-state index in [2.05, 4.69) is 16.2 Å². The Kier molecular flexibility index (Phi) is 4.66. The van der Waals surface area contributed by atoms with E-state index in [-0.39, 0.29) is 12.6 Å². The first kappa shape index (κ1) is 17.9. The lowest BCUT2D eigenvalue weighted by Crippen LogP contribution is -2.09. The number of aromatic nitrogens is 3. The molecule has 0 atom stereocenters. The topological polar surface area (TPSA) is 80.8 Å². The van der Waals surface area contributed by atoms with Gasteiger partial charge in [-0.05, 0) is 44.0 Å². The molecule has 0 bridgehead atoms. The number of carbonyl (C=O) groups excluding carboxylic acids is 1. The first-order valence-corrected chi connectivity index (χ1v) is 9.23. The molecule has 4 rings (SSSR count). The number of hydrogen-bond acceptors (Lipinski definition) is 5. The summed E-state index contributed by atoms with van der Waals surface area (Å²) < 4.78 is 7.24. The second-order valence-electron chi connectivity index (χ2n) is 7.09. The number of ether oxygens (including phenoxy) is 1. The van der Waals surface area contributed by atoms with Crippen LogP contribution in [-0.4, -0.2) is 20.7 Å². The summed E-state index contributed by atoms with van der Waals surface area (Å²) >= 11 is 0. The zero-order valence-corrected chi connectivity index (χ0v) is 15.8. The first-order chi connectivity index (χ1) is 13.5. The Morgan fingerprint density at radius 3 is 2.64 bits per heavy atom. The van der Waals surface area contributed by atoms with E-state index in [1.54, 1.807) is 16.8 Å². The monoisotopic (exact) mass is 372 g/mol. The van der Waals surface area contributed by atoms with Crippen LogP contribution in [0.15, 0.2) is 42.6 Å². The summed E-state index contributed by atoms with van der Waals surface area (Å²) in [6.45, 7) is 1.96. The lowest BCUT2D eigenvalue weighted by Gasteiger charge is -2.08. The van der Waals surface area contributed by atoms with E-state index in [0.29, 0.717) is 22.7 Å². The van der Waals surface area contributed by atoms with Crippen molar-refractivity contribution in [3.8, 4) is 17.3 Å². The lowest BCUT2D eigenvalue weighted by molar-refractivity contribution is 0.0472. The number of carbonyl (C=O) groups is 1. The lowest BCUT2D eigenvalue weighted by atomic mass is 10.1. The Labute approximate surface area is 163 Å². The molecule has 0 N–H and O–H groups in total. The van der Waals surface area contributed by atoms with E-state index < -0.39 is 0 Å². The Morgan fingerprint density at radius 1 is 1.25 bits per heavy atom. The highest BCUT2D eigenvalue weighted by atomic mass is 16.5. The molecular weight excluding hydrogens is 352 g/mol. The second-order valence-corrected chi connectivity index (χ2v) is 7.09. The van der Waals surface area contributed by atoms with Gasteiger partial charge < -0.3 is 4.74 Å². The van der Waals surface area contributed by atoms with Crippen LogP contribution < -0.4 is 0 Å². The van der Waals surface area contributed by atoms with Crippen molar-refractivity contribution < 1.29 is 9.53 Å². The highest BCUT2D eigenvalue weighted by Gasteiger charge is 2.26. The fraction of sp³-hybridized carbons (Fsp3) is 0.273. The Bertz CT molecular complexity index is 1070. The van der Waals surface area contributed by atoms with Gasteiger partial charge in [0.2, 0.25) is 0 Å². The molecule has 1 aliphatic carbocycles. The molecular formula is C22H20N4O2. The molecule has 1 aromatic carbocycles. The van der Waals surface area contributed by atoms with Gasteiger partial charge in [0.15, 0.2) is 0 Å². The Morgan fingerprint density at radius 2 is 2.00 bits per heavy atom. The van der Waals surface area contributed by atoms with E-state index in [1.165, 1.54) is 12.8 Å². The minimum Gasteiger partial charge on any atom is -0.457 e. The molecule has 140 valence electrons. The van der Waals surface area contributed by atoms with E-state index in [1.807, 2.05) is 44.4 Å². The van der Waals surface area contributed by atoms with Gasteiger partial charge in [0.25, 0.3) is 0 Å². The largest absolute Gasteiger partial charge is 0.457 e. The summed E-state index contributed by atoms with van der Waals surface area (Å²) in [6, 6.07) is 13.0. The molecule has 6 nitrogen and oxygen atoms in total. The number of rotatable bonds is 5. The third-order valence-corrected chi connectivity index (χ3v) is 4.87. The molecule has 0 saturated heterocycles. The molecule has 0 amide bonds. The maximum Gasteiger partial charge on any atom is 0.340 e. The van der Waals surface area contributed by atoms with Crippen molar-refractivity contribution in [2.24, 2.45) is 7.05 Å². The number of pyridine rings is 1. The molecule has 0 aliphatic heterocycles. The quantitative estimate of drug-likeness (QED) is 0.635. The van der Waals surface area contributed by atoms with Gasteiger partial charge in [-0.25, -0.2) is 4.79 Å².